The van der Waals surface area contributed by atoms with E-state index in [1.807, 2.05) is 4.72 Å². The number of benzene rings is 1. The minimum absolute atomic E-state index is 0. The normalized spacial score (nSPS) is 11.7. The number of carbonyl (C=O) groups excluding carboxylic acids is 1. The second kappa shape index (κ2) is 10.7. The predicted octanol–water partition coefficient (Wildman–Crippen LogP) is 1.48. The number of halogens is 4. The van der Waals surface area contributed by atoms with Gasteiger partial charge in [0.1, 0.15) is 0 Å². The van der Waals surface area contributed by atoms with Crippen LogP contribution in [-0.4, -0.2) is 39.8 Å². The van der Waals surface area contributed by atoms with Crippen LogP contribution in [0.2, 0.25) is 0 Å². The molecule has 0 saturated carbocycles. The number of alkyl halides is 3. The molecule has 150 valence electrons. The smallest absolute Gasteiger partial charge is 0.381 e. The van der Waals surface area contributed by atoms with Crippen molar-refractivity contribution in [3.8, 4) is 0 Å². The third-order valence-corrected chi connectivity index (χ3v) is 4.28. The molecule has 0 atom stereocenters. The van der Waals surface area contributed by atoms with Gasteiger partial charge in [-0.2, -0.15) is 13.2 Å². The van der Waals surface area contributed by atoms with E-state index in [-0.39, 0.29) is 42.6 Å². The van der Waals surface area contributed by atoms with Crippen molar-refractivity contribution in [3.63, 3.8) is 0 Å². The zero-order valence-electron chi connectivity index (χ0n) is 13.9. The van der Waals surface area contributed by atoms with E-state index in [4.69, 9.17) is 10.5 Å². The van der Waals surface area contributed by atoms with Crippen molar-refractivity contribution in [1.29, 1.82) is 0 Å². The van der Waals surface area contributed by atoms with Crippen LogP contribution in [0.4, 0.5) is 18.9 Å². The Hall–Kier alpha value is -1.40. The Labute approximate surface area is 155 Å². The molecule has 0 aliphatic heterocycles. The molecule has 1 amide bonds. The number of carbonyl (C=O) groups is 1. The van der Waals surface area contributed by atoms with Crippen molar-refractivity contribution in [2.24, 2.45) is 5.73 Å². The number of hydrogen-bond donors (Lipinski definition) is 3. The average molecular weight is 420 g/mol. The van der Waals surface area contributed by atoms with E-state index in [9.17, 15) is 26.4 Å². The van der Waals surface area contributed by atoms with Crippen LogP contribution in [0.1, 0.15) is 18.1 Å². The number of ether oxygens (including phenoxy) is 1. The van der Waals surface area contributed by atoms with Gasteiger partial charge < -0.3 is 15.8 Å². The molecule has 0 bridgehead atoms. The standard InChI is InChI=1S/C14H20F3N3O4S.ClH/c1-2-24-3-4-25(22,23)19-9-13(21)20-12-6-10(8-18)5-11(7-12)14(15,16)17;/h5-7,19H,2-4,8-9,18H2,1H3,(H,20,21);1H. The molecule has 0 radical (unpaired) electrons. The maximum Gasteiger partial charge on any atom is 0.416 e. The van der Waals surface area contributed by atoms with E-state index >= 15 is 0 Å². The predicted molar refractivity (Wildman–Crippen MR) is 93.5 cm³/mol. The summed E-state index contributed by atoms with van der Waals surface area (Å²) >= 11 is 0. The first kappa shape index (κ1) is 24.6. The summed E-state index contributed by atoms with van der Waals surface area (Å²) in [5, 5.41) is 2.22. The fourth-order valence-corrected chi connectivity index (χ4v) is 2.64. The van der Waals surface area contributed by atoms with Crippen molar-refractivity contribution in [1.82, 2.24) is 4.72 Å². The highest BCUT2D eigenvalue weighted by Gasteiger charge is 2.31. The van der Waals surface area contributed by atoms with Gasteiger partial charge in [-0.3, -0.25) is 4.79 Å². The number of rotatable bonds is 9. The summed E-state index contributed by atoms with van der Waals surface area (Å²) in [6.45, 7) is 1.29. The van der Waals surface area contributed by atoms with Gasteiger partial charge in [-0.15, -0.1) is 12.4 Å². The SMILES string of the molecule is CCOCCS(=O)(=O)NCC(=O)Nc1cc(CN)cc(C(F)(F)F)c1.Cl. The number of sulfonamides is 1. The Morgan fingerprint density at radius 2 is 1.92 bits per heavy atom. The molecule has 0 saturated heterocycles. The Morgan fingerprint density at radius 3 is 2.46 bits per heavy atom. The van der Waals surface area contributed by atoms with Crippen LogP contribution < -0.4 is 15.8 Å². The molecule has 0 spiro atoms. The highest BCUT2D eigenvalue weighted by molar-refractivity contribution is 7.89. The number of amides is 1. The Bertz CT molecular complexity index is 699. The molecule has 26 heavy (non-hydrogen) atoms. The van der Waals surface area contributed by atoms with Crippen LogP contribution in [0.3, 0.4) is 0 Å². The molecule has 1 rings (SSSR count). The molecule has 0 aromatic heterocycles. The Morgan fingerprint density at radius 1 is 1.27 bits per heavy atom. The zero-order valence-corrected chi connectivity index (χ0v) is 15.6. The van der Waals surface area contributed by atoms with E-state index in [1.165, 1.54) is 6.07 Å². The highest BCUT2D eigenvalue weighted by atomic mass is 35.5. The molecule has 0 fully saturated rings. The first-order valence-corrected chi connectivity index (χ1v) is 8.98. The van der Waals surface area contributed by atoms with Gasteiger partial charge in [0, 0.05) is 18.8 Å². The van der Waals surface area contributed by atoms with E-state index in [1.54, 1.807) is 6.92 Å². The highest BCUT2D eigenvalue weighted by Crippen LogP contribution is 2.31. The maximum atomic E-state index is 12.8. The van der Waals surface area contributed by atoms with Gasteiger partial charge in [0.05, 0.1) is 24.5 Å². The van der Waals surface area contributed by atoms with Crippen LogP contribution in [-0.2, 0) is 32.3 Å². The van der Waals surface area contributed by atoms with Gasteiger partial charge >= 0.3 is 6.18 Å². The van der Waals surface area contributed by atoms with Crippen molar-refractivity contribution >= 4 is 34.0 Å². The molecular formula is C14H21ClF3N3O4S. The molecular weight excluding hydrogens is 399 g/mol. The number of anilines is 1. The van der Waals surface area contributed by atoms with E-state index in [0.29, 0.717) is 6.61 Å². The van der Waals surface area contributed by atoms with Crippen molar-refractivity contribution < 1.29 is 31.1 Å². The van der Waals surface area contributed by atoms with Gasteiger partial charge in [-0.05, 0) is 30.7 Å². The number of hydrogen-bond acceptors (Lipinski definition) is 5. The van der Waals surface area contributed by atoms with E-state index in [0.717, 1.165) is 12.1 Å². The lowest BCUT2D eigenvalue weighted by Crippen LogP contribution is -2.35. The Kier molecular flexibility index (Phi) is 10.1. The van der Waals surface area contributed by atoms with Gasteiger partial charge in [0.15, 0.2) is 0 Å². The van der Waals surface area contributed by atoms with Crippen molar-refractivity contribution in [2.45, 2.75) is 19.6 Å². The monoisotopic (exact) mass is 419 g/mol. The lowest BCUT2D eigenvalue weighted by atomic mass is 10.1. The molecule has 0 aliphatic carbocycles. The lowest BCUT2D eigenvalue weighted by Gasteiger charge is -2.13. The fraction of sp³-hybridized carbons (Fsp3) is 0.500. The zero-order chi connectivity index (χ0) is 19.1. The number of nitrogens with one attached hydrogen (secondary N) is 2. The van der Waals surface area contributed by atoms with Crippen molar-refractivity contribution in [3.05, 3.63) is 29.3 Å². The summed E-state index contributed by atoms with van der Waals surface area (Å²) in [6, 6.07) is 2.92. The quantitative estimate of drug-likeness (QED) is 0.525. The second-order valence-corrected chi connectivity index (χ2v) is 6.93. The number of nitrogens with two attached hydrogens (primary N) is 1. The van der Waals surface area contributed by atoms with Gasteiger partial charge in [0.2, 0.25) is 15.9 Å². The van der Waals surface area contributed by atoms with Crippen LogP contribution in [0.25, 0.3) is 0 Å². The summed E-state index contributed by atoms with van der Waals surface area (Å²) in [6.07, 6.45) is -4.59. The van der Waals surface area contributed by atoms with Crippen LogP contribution in [0, 0.1) is 0 Å². The first-order valence-electron chi connectivity index (χ1n) is 7.33. The minimum atomic E-state index is -4.59. The molecule has 0 aliphatic rings. The average Bonchev–Trinajstić information content (AvgIpc) is 2.52. The van der Waals surface area contributed by atoms with E-state index < -0.39 is 34.2 Å². The van der Waals surface area contributed by atoms with Gasteiger partial charge in [0.25, 0.3) is 0 Å². The van der Waals surface area contributed by atoms with E-state index in [2.05, 4.69) is 5.32 Å². The van der Waals surface area contributed by atoms with Gasteiger partial charge in [-0.25, -0.2) is 13.1 Å². The molecule has 1 aromatic rings. The Balaban J connectivity index is 0.00000625. The summed E-state index contributed by atoms with van der Waals surface area (Å²) in [4.78, 5) is 11.8. The molecule has 4 N–H and O–H groups in total. The third-order valence-electron chi connectivity index (χ3n) is 2.99. The summed E-state index contributed by atoms with van der Waals surface area (Å²) in [5.41, 5.74) is 4.46. The van der Waals surface area contributed by atoms with Crippen LogP contribution >= 0.6 is 12.4 Å². The van der Waals surface area contributed by atoms with Gasteiger partial charge in [-0.1, -0.05) is 0 Å². The first-order chi connectivity index (χ1) is 11.6. The minimum Gasteiger partial charge on any atom is -0.381 e. The lowest BCUT2D eigenvalue weighted by molar-refractivity contribution is -0.137. The molecule has 0 heterocycles. The second-order valence-electron chi connectivity index (χ2n) is 5.01. The summed E-state index contributed by atoms with van der Waals surface area (Å²) < 4.78 is 68.6. The third kappa shape index (κ3) is 8.81. The molecule has 12 heteroatoms. The summed E-state index contributed by atoms with van der Waals surface area (Å²) in [7, 11) is -3.72. The van der Waals surface area contributed by atoms with Crippen molar-refractivity contribution in [2.75, 3.05) is 30.8 Å². The molecule has 1 aromatic carbocycles. The molecule has 0 unspecified atom stereocenters. The summed E-state index contributed by atoms with van der Waals surface area (Å²) in [5.74, 6) is -1.13. The molecule has 7 nitrogen and oxygen atoms in total. The maximum absolute atomic E-state index is 12.8. The van der Waals surface area contributed by atoms with Crippen LogP contribution in [0.15, 0.2) is 18.2 Å². The fourth-order valence-electron chi connectivity index (χ4n) is 1.81. The largest absolute Gasteiger partial charge is 0.416 e. The topological polar surface area (TPSA) is 111 Å². The van der Waals surface area contributed by atoms with Crippen LogP contribution in [0.5, 0.6) is 0 Å².